The molecule has 0 aliphatic carbocycles. The van der Waals surface area contributed by atoms with Crippen LogP contribution in [-0.2, 0) is 6.54 Å². The molecule has 100 valence electrons. The predicted octanol–water partition coefficient (Wildman–Crippen LogP) is 2.88. The van der Waals surface area contributed by atoms with Crippen LogP contribution < -0.4 is 10.6 Å². The van der Waals surface area contributed by atoms with Gasteiger partial charge >= 0.3 is 0 Å². The number of aromatic nitrogens is 1. The lowest BCUT2D eigenvalue weighted by atomic mass is 10.1. The highest BCUT2D eigenvalue weighted by Crippen LogP contribution is 2.25. The molecule has 2 rings (SSSR count). The highest BCUT2D eigenvalue weighted by atomic mass is 19.1. The average molecular weight is 259 g/mol. The topological polar surface area (TPSA) is 42.1 Å². The fourth-order valence-electron chi connectivity index (χ4n) is 2.00. The van der Waals surface area contributed by atoms with E-state index >= 15 is 0 Å². The lowest BCUT2D eigenvalue weighted by molar-refractivity contribution is 0.584. The van der Waals surface area contributed by atoms with Crippen molar-refractivity contribution in [1.29, 1.82) is 0 Å². The van der Waals surface area contributed by atoms with Gasteiger partial charge in [0.1, 0.15) is 11.6 Å². The van der Waals surface area contributed by atoms with Crippen molar-refractivity contribution >= 4 is 5.82 Å². The number of anilines is 1. The second-order valence-electron chi connectivity index (χ2n) is 4.53. The Balaban J connectivity index is 2.28. The van der Waals surface area contributed by atoms with Crippen molar-refractivity contribution in [3.05, 3.63) is 59.5 Å². The van der Waals surface area contributed by atoms with Crippen LogP contribution in [0, 0.1) is 5.82 Å². The molecule has 0 saturated heterocycles. The Labute approximate surface area is 112 Å². The molecule has 2 aromatic rings. The van der Waals surface area contributed by atoms with Crippen molar-refractivity contribution in [3.8, 4) is 0 Å². The molecule has 1 unspecified atom stereocenters. The zero-order chi connectivity index (χ0) is 13.8. The largest absolute Gasteiger partial charge is 0.353 e. The monoisotopic (exact) mass is 259 g/mol. The van der Waals surface area contributed by atoms with Crippen LogP contribution in [0.4, 0.5) is 10.2 Å². The summed E-state index contributed by atoms with van der Waals surface area (Å²) in [5.41, 5.74) is 7.29. The Morgan fingerprint density at radius 2 is 2.05 bits per heavy atom. The molecule has 1 aromatic carbocycles. The van der Waals surface area contributed by atoms with Gasteiger partial charge in [0.15, 0.2) is 0 Å². The average Bonchev–Trinajstić information content (AvgIpc) is 2.46. The first-order chi connectivity index (χ1) is 9.13. The maximum absolute atomic E-state index is 13.8. The Hall–Kier alpha value is -1.94. The third kappa shape index (κ3) is 2.90. The molecule has 0 spiro atoms. The van der Waals surface area contributed by atoms with E-state index in [1.807, 2.05) is 37.1 Å². The molecule has 4 heteroatoms. The summed E-state index contributed by atoms with van der Waals surface area (Å²) in [6, 6.07) is 10.5. The van der Waals surface area contributed by atoms with Crippen LogP contribution in [0.25, 0.3) is 0 Å². The molecule has 1 aromatic heterocycles. The van der Waals surface area contributed by atoms with Crippen molar-refractivity contribution in [3.63, 3.8) is 0 Å². The molecular weight excluding hydrogens is 241 g/mol. The zero-order valence-electron chi connectivity index (χ0n) is 11.2. The van der Waals surface area contributed by atoms with Gasteiger partial charge in [-0.05, 0) is 30.7 Å². The Morgan fingerprint density at radius 1 is 1.32 bits per heavy atom. The van der Waals surface area contributed by atoms with Gasteiger partial charge in [-0.25, -0.2) is 9.37 Å². The summed E-state index contributed by atoms with van der Waals surface area (Å²) in [6.07, 6.45) is 1.72. The number of hydrogen-bond donors (Lipinski definition) is 1. The molecule has 0 aliphatic heterocycles. The maximum Gasteiger partial charge on any atom is 0.129 e. The first-order valence-corrected chi connectivity index (χ1v) is 6.25. The van der Waals surface area contributed by atoms with Crippen molar-refractivity contribution in [2.45, 2.75) is 19.5 Å². The van der Waals surface area contributed by atoms with Gasteiger partial charge in [0.25, 0.3) is 0 Å². The molecule has 3 nitrogen and oxygen atoms in total. The summed E-state index contributed by atoms with van der Waals surface area (Å²) in [5.74, 6) is 0.593. The van der Waals surface area contributed by atoms with Gasteiger partial charge in [-0.15, -0.1) is 0 Å². The minimum absolute atomic E-state index is 0.0956. The molecule has 0 aliphatic rings. The van der Waals surface area contributed by atoms with Crippen LogP contribution in [0.5, 0.6) is 0 Å². The number of benzene rings is 1. The number of nitrogens with zero attached hydrogens (tertiary/aromatic N) is 2. The van der Waals surface area contributed by atoms with Gasteiger partial charge in [0.2, 0.25) is 0 Å². The van der Waals surface area contributed by atoms with E-state index < -0.39 is 0 Å². The van der Waals surface area contributed by atoms with Gasteiger partial charge in [-0.1, -0.05) is 18.2 Å². The van der Waals surface area contributed by atoms with Crippen LogP contribution in [0.15, 0.2) is 42.6 Å². The van der Waals surface area contributed by atoms with Gasteiger partial charge < -0.3 is 10.6 Å². The minimum atomic E-state index is -0.197. The Bertz CT molecular complexity index is 557. The standard InChI is InChI=1S/C15H18FN3/c1-11(13-5-3-4-6-14(13)16)19(2)15-9-12(10-17)7-8-18-15/h3-9,11H,10,17H2,1-2H3. The number of pyridine rings is 1. The summed E-state index contributed by atoms with van der Waals surface area (Å²) in [5, 5.41) is 0. The van der Waals surface area contributed by atoms with Crippen LogP contribution in [0.1, 0.15) is 24.1 Å². The second-order valence-corrected chi connectivity index (χ2v) is 4.53. The van der Waals surface area contributed by atoms with Crippen LogP contribution >= 0.6 is 0 Å². The van der Waals surface area contributed by atoms with Crippen molar-refractivity contribution in [2.24, 2.45) is 5.73 Å². The van der Waals surface area contributed by atoms with E-state index in [0.717, 1.165) is 11.4 Å². The first kappa shape index (κ1) is 13.5. The number of rotatable bonds is 4. The number of halogens is 1. The van der Waals surface area contributed by atoms with Gasteiger partial charge in [-0.3, -0.25) is 0 Å². The van der Waals surface area contributed by atoms with E-state index in [-0.39, 0.29) is 11.9 Å². The lowest BCUT2D eigenvalue weighted by Crippen LogP contribution is -2.23. The van der Waals surface area contributed by atoms with E-state index in [4.69, 9.17) is 5.73 Å². The second kappa shape index (κ2) is 5.80. The molecule has 0 bridgehead atoms. The normalized spacial score (nSPS) is 12.2. The van der Waals surface area contributed by atoms with E-state index in [0.29, 0.717) is 12.1 Å². The molecule has 1 heterocycles. The van der Waals surface area contributed by atoms with E-state index in [1.165, 1.54) is 6.07 Å². The van der Waals surface area contributed by atoms with Crippen molar-refractivity contribution < 1.29 is 4.39 Å². The highest BCUT2D eigenvalue weighted by Gasteiger charge is 2.16. The molecule has 1 atom stereocenters. The molecular formula is C15H18FN3. The summed E-state index contributed by atoms with van der Waals surface area (Å²) >= 11 is 0. The highest BCUT2D eigenvalue weighted by molar-refractivity contribution is 5.43. The lowest BCUT2D eigenvalue weighted by Gasteiger charge is -2.27. The quantitative estimate of drug-likeness (QED) is 0.918. The summed E-state index contributed by atoms with van der Waals surface area (Å²) in [6.45, 7) is 2.42. The maximum atomic E-state index is 13.8. The third-order valence-electron chi connectivity index (χ3n) is 3.34. The first-order valence-electron chi connectivity index (χ1n) is 6.25. The number of hydrogen-bond acceptors (Lipinski definition) is 3. The molecule has 0 amide bonds. The summed E-state index contributed by atoms with van der Waals surface area (Å²) in [7, 11) is 1.90. The van der Waals surface area contributed by atoms with Crippen molar-refractivity contribution in [1.82, 2.24) is 4.98 Å². The van der Waals surface area contributed by atoms with E-state index in [2.05, 4.69) is 4.98 Å². The van der Waals surface area contributed by atoms with Crippen LogP contribution in [-0.4, -0.2) is 12.0 Å². The number of nitrogens with two attached hydrogens (primary N) is 1. The SMILES string of the molecule is CC(c1ccccc1F)N(C)c1cc(CN)ccn1. The smallest absolute Gasteiger partial charge is 0.129 e. The van der Waals surface area contributed by atoms with Crippen molar-refractivity contribution in [2.75, 3.05) is 11.9 Å². The van der Waals surface area contributed by atoms with E-state index in [9.17, 15) is 4.39 Å². The molecule has 0 radical (unpaired) electrons. The summed E-state index contributed by atoms with van der Waals surface area (Å²) < 4.78 is 13.8. The predicted molar refractivity (Wildman–Crippen MR) is 75.3 cm³/mol. The fourth-order valence-corrected chi connectivity index (χ4v) is 2.00. The third-order valence-corrected chi connectivity index (χ3v) is 3.34. The molecule has 19 heavy (non-hydrogen) atoms. The fraction of sp³-hybridized carbons (Fsp3) is 0.267. The Morgan fingerprint density at radius 3 is 2.74 bits per heavy atom. The van der Waals surface area contributed by atoms with Gasteiger partial charge in [0, 0.05) is 25.4 Å². The van der Waals surface area contributed by atoms with Gasteiger partial charge in [0.05, 0.1) is 6.04 Å². The molecule has 0 fully saturated rings. The van der Waals surface area contributed by atoms with Gasteiger partial charge in [-0.2, -0.15) is 0 Å². The minimum Gasteiger partial charge on any atom is -0.353 e. The molecule has 2 N–H and O–H groups in total. The molecule has 0 saturated carbocycles. The van der Waals surface area contributed by atoms with Crippen LogP contribution in [0.3, 0.4) is 0 Å². The summed E-state index contributed by atoms with van der Waals surface area (Å²) in [4.78, 5) is 6.25. The Kier molecular flexibility index (Phi) is 4.12. The van der Waals surface area contributed by atoms with E-state index in [1.54, 1.807) is 18.3 Å². The van der Waals surface area contributed by atoms with Crippen LogP contribution in [0.2, 0.25) is 0 Å². The zero-order valence-corrected chi connectivity index (χ0v) is 11.2.